The molecule has 2 N–H and O–H groups in total. The fourth-order valence-electron chi connectivity index (χ4n) is 1.48. The molecular formula is C12H8Cl3F2N3. The number of hydrogen-bond acceptors (Lipinski definition) is 3. The second-order valence-electron chi connectivity index (χ2n) is 3.77. The van der Waals surface area contributed by atoms with Crippen LogP contribution in [0, 0.1) is 11.6 Å². The van der Waals surface area contributed by atoms with Crippen LogP contribution in [0.5, 0.6) is 0 Å². The summed E-state index contributed by atoms with van der Waals surface area (Å²) >= 11 is 17.6. The number of nitrogens with zero attached hydrogens (tertiary/aromatic N) is 1. The maximum Gasteiger partial charge on any atom is 0.169 e. The van der Waals surface area contributed by atoms with Crippen molar-refractivity contribution in [2.24, 2.45) is 0 Å². The van der Waals surface area contributed by atoms with Crippen molar-refractivity contribution in [3.05, 3.63) is 44.9 Å². The molecule has 0 amide bonds. The van der Waals surface area contributed by atoms with E-state index in [1.807, 2.05) is 0 Å². The Morgan fingerprint density at radius 1 is 0.900 bits per heavy atom. The molecule has 1 aromatic heterocycles. The van der Waals surface area contributed by atoms with E-state index in [9.17, 15) is 8.78 Å². The van der Waals surface area contributed by atoms with Gasteiger partial charge in [0.2, 0.25) is 0 Å². The van der Waals surface area contributed by atoms with E-state index in [0.717, 1.165) is 0 Å². The molecule has 0 bridgehead atoms. The van der Waals surface area contributed by atoms with Crippen LogP contribution in [0.1, 0.15) is 0 Å². The van der Waals surface area contributed by atoms with E-state index < -0.39 is 11.6 Å². The van der Waals surface area contributed by atoms with Crippen molar-refractivity contribution in [3.63, 3.8) is 0 Å². The molecule has 0 aliphatic carbocycles. The number of benzene rings is 1. The van der Waals surface area contributed by atoms with Gasteiger partial charge in [0.25, 0.3) is 0 Å². The van der Waals surface area contributed by atoms with Gasteiger partial charge in [-0.25, -0.2) is 13.8 Å². The molecule has 0 saturated carbocycles. The Morgan fingerprint density at radius 2 is 1.50 bits per heavy atom. The van der Waals surface area contributed by atoms with Gasteiger partial charge in [0.1, 0.15) is 0 Å². The fraction of sp³-hybridized carbons (Fsp3) is 0.0833. The van der Waals surface area contributed by atoms with Crippen molar-refractivity contribution in [2.45, 2.75) is 0 Å². The lowest BCUT2D eigenvalue weighted by Crippen LogP contribution is -2.03. The Balaban J connectivity index is 2.42. The quantitative estimate of drug-likeness (QED) is 0.764. The number of hydrogen-bond donors (Lipinski definition) is 2. The minimum Gasteiger partial charge on any atom is -0.371 e. The third-order valence-corrected chi connectivity index (χ3v) is 3.46. The van der Waals surface area contributed by atoms with Crippen LogP contribution in [-0.2, 0) is 0 Å². The number of nitrogens with one attached hydrogen (secondary N) is 2. The predicted octanol–water partition coefficient (Wildman–Crippen LogP) is 5.11. The average Bonchev–Trinajstić information content (AvgIpc) is 2.38. The molecule has 2 aromatic rings. The molecular weight excluding hydrogens is 331 g/mol. The Morgan fingerprint density at radius 3 is 2.15 bits per heavy atom. The highest BCUT2D eigenvalue weighted by Gasteiger charge is 2.13. The molecule has 1 aromatic carbocycles. The van der Waals surface area contributed by atoms with Crippen LogP contribution in [0.4, 0.5) is 26.1 Å². The molecule has 0 aliphatic heterocycles. The Kier molecular flexibility index (Phi) is 4.52. The van der Waals surface area contributed by atoms with Crippen molar-refractivity contribution in [1.82, 2.24) is 4.98 Å². The van der Waals surface area contributed by atoms with Gasteiger partial charge in [0.05, 0.1) is 20.8 Å². The van der Waals surface area contributed by atoms with E-state index in [1.54, 1.807) is 0 Å². The molecule has 20 heavy (non-hydrogen) atoms. The van der Waals surface area contributed by atoms with E-state index in [4.69, 9.17) is 34.8 Å². The van der Waals surface area contributed by atoms with Crippen molar-refractivity contribution in [2.75, 3.05) is 17.7 Å². The third-order valence-electron chi connectivity index (χ3n) is 2.43. The average molecular weight is 339 g/mol. The van der Waals surface area contributed by atoms with Gasteiger partial charge in [-0.1, -0.05) is 34.8 Å². The van der Waals surface area contributed by atoms with Crippen molar-refractivity contribution >= 4 is 52.1 Å². The van der Waals surface area contributed by atoms with E-state index in [2.05, 4.69) is 15.6 Å². The maximum atomic E-state index is 13.7. The first-order chi connectivity index (χ1) is 9.42. The van der Waals surface area contributed by atoms with Crippen molar-refractivity contribution in [3.8, 4) is 0 Å². The topological polar surface area (TPSA) is 37.0 Å². The molecule has 0 atom stereocenters. The second-order valence-corrected chi connectivity index (χ2v) is 4.99. The van der Waals surface area contributed by atoms with Gasteiger partial charge in [0, 0.05) is 13.1 Å². The number of halogens is 5. The van der Waals surface area contributed by atoms with Crippen LogP contribution in [-0.4, -0.2) is 12.0 Å². The summed E-state index contributed by atoms with van der Waals surface area (Å²) in [6.45, 7) is 0. The van der Waals surface area contributed by atoms with Gasteiger partial charge in [-0.05, 0) is 12.1 Å². The Labute approximate surface area is 128 Å². The zero-order valence-corrected chi connectivity index (χ0v) is 12.3. The first-order valence-electron chi connectivity index (χ1n) is 5.37. The summed E-state index contributed by atoms with van der Waals surface area (Å²) in [5, 5.41) is 5.90. The summed E-state index contributed by atoms with van der Waals surface area (Å²) in [5.41, 5.74) is 0.307. The third kappa shape index (κ3) is 3.06. The minimum atomic E-state index is -0.858. The predicted molar refractivity (Wildman–Crippen MR) is 78.5 cm³/mol. The van der Waals surface area contributed by atoms with Crippen LogP contribution in [0.2, 0.25) is 15.1 Å². The van der Waals surface area contributed by atoms with Gasteiger partial charge in [0.15, 0.2) is 23.3 Å². The number of anilines is 3. The number of rotatable bonds is 3. The molecule has 0 spiro atoms. The molecule has 3 nitrogen and oxygen atoms in total. The largest absolute Gasteiger partial charge is 0.371 e. The maximum absolute atomic E-state index is 13.7. The van der Waals surface area contributed by atoms with Crippen LogP contribution in [0.15, 0.2) is 18.2 Å². The summed E-state index contributed by atoms with van der Waals surface area (Å²) in [6.07, 6.45) is 0. The fourth-order valence-corrected chi connectivity index (χ4v) is 2.07. The molecule has 106 valence electrons. The van der Waals surface area contributed by atoms with Crippen LogP contribution < -0.4 is 10.6 Å². The molecule has 0 fully saturated rings. The van der Waals surface area contributed by atoms with Gasteiger partial charge in [-0.15, -0.1) is 0 Å². The van der Waals surface area contributed by atoms with E-state index >= 15 is 0 Å². The lowest BCUT2D eigenvalue weighted by molar-refractivity contribution is 0.580. The highest BCUT2D eigenvalue weighted by atomic mass is 35.5. The van der Waals surface area contributed by atoms with Gasteiger partial charge in [-0.3, -0.25) is 0 Å². The normalized spacial score (nSPS) is 10.5. The summed E-state index contributed by atoms with van der Waals surface area (Å²) in [6, 6.07) is 3.55. The zero-order valence-electron chi connectivity index (χ0n) is 10.1. The summed E-state index contributed by atoms with van der Waals surface area (Å²) in [5.74, 6) is -1.93. The highest BCUT2D eigenvalue weighted by Crippen LogP contribution is 2.34. The molecule has 2 rings (SSSR count). The van der Waals surface area contributed by atoms with Gasteiger partial charge >= 0.3 is 0 Å². The summed E-state index contributed by atoms with van der Waals surface area (Å²) < 4.78 is 27.0. The second kappa shape index (κ2) is 5.99. The standard InChI is InChI=1S/C12H8Cl3F2N3/c1-18-11-8(16)4-9(17)12(20-11)19-10-3-6(14)5(13)2-7(10)15/h2-4H,1H3,(H2,18,19,20). The summed E-state index contributed by atoms with van der Waals surface area (Å²) in [7, 11) is 1.47. The van der Waals surface area contributed by atoms with Crippen LogP contribution in [0.25, 0.3) is 0 Å². The van der Waals surface area contributed by atoms with Crippen molar-refractivity contribution < 1.29 is 8.78 Å². The first-order valence-corrected chi connectivity index (χ1v) is 6.51. The monoisotopic (exact) mass is 337 g/mol. The molecule has 8 heteroatoms. The zero-order chi connectivity index (χ0) is 14.9. The molecule has 0 unspecified atom stereocenters. The molecule has 0 saturated heterocycles. The minimum absolute atomic E-state index is 0.0925. The summed E-state index contributed by atoms with van der Waals surface area (Å²) in [4.78, 5) is 3.77. The van der Waals surface area contributed by atoms with E-state index in [1.165, 1.54) is 19.2 Å². The Hall–Kier alpha value is -1.30. The van der Waals surface area contributed by atoms with Gasteiger partial charge < -0.3 is 10.6 Å². The Bertz CT molecular complexity index is 665. The lowest BCUT2D eigenvalue weighted by atomic mass is 10.3. The van der Waals surface area contributed by atoms with E-state index in [-0.39, 0.29) is 26.7 Å². The highest BCUT2D eigenvalue weighted by molar-refractivity contribution is 6.44. The van der Waals surface area contributed by atoms with Crippen molar-refractivity contribution in [1.29, 1.82) is 0 Å². The smallest absolute Gasteiger partial charge is 0.169 e. The molecule has 0 radical (unpaired) electrons. The van der Waals surface area contributed by atoms with Crippen LogP contribution in [0.3, 0.4) is 0 Å². The first kappa shape index (κ1) is 15.1. The van der Waals surface area contributed by atoms with E-state index in [0.29, 0.717) is 11.8 Å². The van der Waals surface area contributed by atoms with Crippen LogP contribution >= 0.6 is 34.8 Å². The number of pyridine rings is 1. The number of aromatic nitrogens is 1. The molecule has 0 aliphatic rings. The van der Waals surface area contributed by atoms with Gasteiger partial charge in [-0.2, -0.15) is 0 Å². The lowest BCUT2D eigenvalue weighted by Gasteiger charge is -2.11. The SMILES string of the molecule is CNc1nc(Nc2cc(Cl)c(Cl)cc2Cl)c(F)cc1F. The molecule has 1 heterocycles.